The van der Waals surface area contributed by atoms with Crippen LogP contribution in [0, 0.1) is 5.82 Å². The van der Waals surface area contributed by atoms with Gasteiger partial charge in [0.25, 0.3) is 0 Å². The average Bonchev–Trinajstić information content (AvgIpc) is 2.65. The molecule has 0 aliphatic carbocycles. The summed E-state index contributed by atoms with van der Waals surface area (Å²) in [6.45, 7) is 2.06. The highest BCUT2D eigenvalue weighted by Gasteiger charge is 2.13. The Labute approximate surface area is 152 Å². The van der Waals surface area contributed by atoms with Crippen molar-refractivity contribution in [2.45, 2.75) is 32.8 Å². The van der Waals surface area contributed by atoms with Gasteiger partial charge in [-0.25, -0.2) is 9.18 Å². The zero-order valence-electron chi connectivity index (χ0n) is 14.7. The van der Waals surface area contributed by atoms with Gasteiger partial charge in [0, 0.05) is 18.1 Å². The topological polar surface area (TPSA) is 55.4 Å². The molecule has 2 rings (SSSR count). The molecule has 136 valence electrons. The summed E-state index contributed by atoms with van der Waals surface area (Å²) in [6.07, 6.45) is 2.47. The zero-order valence-corrected chi connectivity index (χ0v) is 14.7. The third-order valence-corrected chi connectivity index (χ3v) is 3.70. The van der Waals surface area contributed by atoms with Crippen molar-refractivity contribution in [2.24, 2.45) is 0 Å². The highest BCUT2D eigenvalue weighted by Crippen LogP contribution is 2.17. The third kappa shape index (κ3) is 6.16. The summed E-state index contributed by atoms with van der Waals surface area (Å²) in [5.74, 6) is -0.695. The Morgan fingerprint density at radius 2 is 1.77 bits per heavy atom. The zero-order chi connectivity index (χ0) is 18.8. The Kier molecular flexibility index (Phi) is 7.55. The summed E-state index contributed by atoms with van der Waals surface area (Å²) in [4.78, 5) is 24.2. The number of unbranched alkanes of at least 4 members (excludes halogenated alkanes) is 1. The molecule has 0 radical (unpaired) electrons. The standard InChI is InChI=1S/C21H22FNO3/c1-2-3-11-17(24)14-20(18-12-7-8-13-19(18)22)23-21(25)26-15-16-9-5-4-6-10-16/h4-10,12-14H,2-3,11,15H2,1H3,(H,23,25)/b20-14-. The number of amides is 1. The summed E-state index contributed by atoms with van der Waals surface area (Å²) in [6, 6.07) is 15.2. The van der Waals surface area contributed by atoms with Gasteiger partial charge in [-0.05, 0) is 24.1 Å². The molecule has 26 heavy (non-hydrogen) atoms. The van der Waals surface area contributed by atoms with Crippen molar-refractivity contribution in [3.63, 3.8) is 0 Å². The molecule has 1 N–H and O–H groups in total. The van der Waals surface area contributed by atoms with Gasteiger partial charge in [0.15, 0.2) is 5.78 Å². The summed E-state index contributed by atoms with van der Waals surface area (Å²) in [5, 5.41) is 2.49. The SMILES string of the molecule is CCCCC(=O)/C=C(\NC(=O)OCc1ccccc1)c1ccccc1F. The Bertz CT molecular complexity index is 772. The fraction of sp³-hybridized carbons (Fsp3) is 0.238. The summed E-state index contributed by atoms with van der Waals surface area (Å²) in [7, 11) is 0. The molecular weight excluding hydrogens is 333 g/mol. The van der Waals surface area contributed by atoms with Crippen LogP contribution in [0.2, 0.25) is 0 Å². The van der Waals surface area contributed by atoms with Gasteiger partial charge >= 0.3 is 6.09 Å². The van der Waals surface area contributed by atoms with Crippen LogP contribution < -0.4 is 5.32 Å². The van der Waals surface area contributed by atoms with Gasteiger partial charge in [-0.3, -0.25) is 10.1 Å². The fourth-order valence-electron chi connectivity index (χ4n) is 2.31. The van der Waals surface area contributed by atoms with E-state index >= 15 is 0 Å². The monoisotopic (exact) mass is 355 g/mol. The number of carbonyl (C=O) groups excluding carboxylic acids is 2. The molecule has 2 aromatic carbocycles. The van der Waals surface area contributed by atoms with Gasteiger partial charge in [-0.2, -0.15) is 0 Å². The van der Waals surface area contributed by atoms with Crippen LogP contribution in [0.25, 0.3) is 5.70 Å². The fourth-order valence-corrected chi connectivity index (χ4v) is 2.31. The second kappa shape index (κ2) is 10.1. The van der Waals surface area contributed by atoms with E-state index in [0.717, 1.165) is 18.4 Å². The van der Waals surface area contributed by atoms with E-state index in [4.69, 9.17) is 4.74 Å². The van der Waals surface area contributed by atoms with Crippen molar-refractivity contribution >= 4 is 17.6 Å². The van der Waals surface area contributed by atoms with Crippen molar-refractivity contribution in [2.75, 3.05) is 0 Å². The molecular formula is C21H22FNO3. The maximum absolute atomic E-state index is 14.1. The predicted octanol–water partition coefficient (Wildman–Crippen LogP) is 4.85. The average molecular weight is 355 g/mol. The molecule has 5 heteroatoms. The molecule has 2 aromatic rings. The highest BCUT2D eigenvalue weighted by molar-refractivity contribution is 5.98. The van der Waals surface area contributed by atoms with E-state index in [1.807, 2.05) is 37.3 Å². The van der Waals surface area contributed by atoms with Crippen molar-refractivity contribution in [1.82, 2.24) is 5.32 Å². The highest BCUT2D eigenvalue weighted by atomic mass is 19.1. The maximum atomic E-state index is 14.1. The molecule has 0 fully saturated rings. The smallest absolute Gasteiger partial charge is 0.411 e. The molecule has 0 heterocycles. The second-order valence-corrected chi connectivity index (χ2v) is 5.79. The number of ether oxygens (including phenoxy) is 1. The number of nitrogens with one attached hydrogen (secondary N) is 1. The van der Waals surface area contributed by atoms with Gasteiger partial charge in [0.05, 0.1) is 5.70 Å². The van der Waals surface area contributed by atoms with Gasteiger partial charge in [0.2, 0.25) is 0 Å². The Balaban J connectivity index is 2.10. The minimum atomic E-state index is -0.744. The number of allylic oxidation sites excluding steroid dienone is 1. The molecule has 0 aliphatic heterocycles. The first-order chi connectivity index (χ1) is 12.6. The number of rotatable bonds is 8. The largest absolute Gasteiger partial charge is 0.444 e. The summed E-state index contributed by atoms with van der Waals surface area (Å²) in [5.41, 5.74) is 1.08. The van der Waals surface area contributed by atoms with Crippen molar-refractivity contribution in [3.05, 3.63) is 77.6 Å². The van der Waals surface area contributed by atoms with Crippen LogP contribution in [0.3, 0.4) is 0 Å². The van der Waals surface area contributed by atoms with Crippen LogP contribution in [-0.2, 0) is 16.1 Å². The van der Waals surface area contributed by atoms with Crippen LogP contribution in [0.5, 0.6) is 0 Å². The molecule has 0 saturated heterocycles. The summed E-state index contributed by atoms with van der Waals surface area (Å²) < 4.78 is 19.3. The second-order valence-electron chi connectivity index (χ2n) is 5.79. The van der Waals surface area contributed by atoms with E-state index in [1.54, 1.807) is 12.1 Å². The number of hydrogen-bond acceptors (Lipinski definition) is 3. The van der Waals surface area contributed by atoms with Crippen LogP contribution in [0.15, 0.2) is 60.7 Å². The minimum Gasteiger partial charge on any atom is -0.444 e. The van der Waals surface area contributed by atoms with E-state index in [1.165, 1.54) is 18.2 Å². The number of hydrogen-bond donors (Lipinski definition) is 1. The van der Waals surface area contributed by atoms with Crippen LogP contribution in [0.4, 0.5) is 9.18 Å². The first-order valence-corrected chi connectivity index (χ1v) is 8.57. The van der Waals surface area contributed by atoms with E-state index in [-0.39, 0.29) is 23.7 Å². The predicted molar refractivity (Wildman–Crippen MR) is 98.7 cm³/mol. The Hall–Kier alpha value is -2.95. The quantitative estimate of drug-likeness (QED) is 0.689. The van der Waals surface area contributed by atoms with E-state index in [0.29, 0.717) is 6.42 Å². The van der Waals surface area contributed by atoms with E-state index in [9.17, 15) is 14.0 Å². The first-order valence-electron chi connectivity index (χ1n) is 8.57. The minimum absolute atomic E-state index is 0.0843. The van der Waals surface area contributed by atoms with Crippen LogP contribution >= 0.6 is 0 Å². The van der Waals surface area contributed by atoms with Crippen molar-refractivity contribution < 1.29 is 18.7 Å². The number of ketones is 1. The molecule has 0 spiro atoms. The number of benzene rings is 2. The van der Waals surface area contributed by atoms with Gasteiger partial charge in [-0.1, -0.05) is 55.8 Å². The normalized spacial score (nSPS) is 11.1. The summed E-state index contributed by atoms with van der Waals surface area (Å²) >= 11 is 0. The van der Waals surface area contributed by atoms with Gasteiger partial charge in [0.1, 0.15) is 12.4 Å². The van der Waals surface area contributed by atoms with Crippen molar-refractivity contribution in [1.29, 1.82) is 0 Å². The van der Waals surface area contributed by atoms with Crippen LogP contribution in [0.1, 0.15) is 37.3 Å². The molecule has 0 aromatic heterocycles. The molecule has 1 amide bonds. The first kappa shape index (κ1) is 19.4. The lowest BCUT2D eigenvalue weighted by Gasteiger charge is -2.12. The lowest BCUT2D eigenvalue weighted by Crippen LogP contribution is -2.24. The lowest BCUT2D eigenvalue weighted by atomic mass is 10.1. The number of halogens is 1. The lowest BCUT2D eigenvalue weighted by molar-refractivity contribution is -0.114. The molecule has 0 unspecified atom stereocenters. The van der Waals surface area contributed by atoms with Gasteiger partial charge < -0.3 is 4.74 Å². The Morgan fingerprint density at radius 3 is 2.46 bits per heavy atom. The number of alkyl carbamates (subject to hydrolysis) is 1. The van der Waals surface area contributed by atoms with Crippen LogP contribution in [-0.4, -0.2) is 11.9 Å². The van der Waals surface area contributed by atoms with E-state index in [2.05, 4.69) is 5.32 Å². The molecule has 0 saturated carbocycles. The van der Waals surface area contributed by atoms with Crippen molar-refractivity contribution in [3.8, 4) is 0 Å². The number of carbonyl (C=O) groups is 2. The molecule has 0 bridgehead atoms. The molecule has 0 aliphatic rings. The molecule has 4 nitrogen and oxygen atoms in total. The third-order valence-electron chi connectivity index (χ3n) is 3.70. The Morgan fingerprint density at radius 1 is 1.08 bits per heavy atom. The van der Waals surface area contributed by atoms with E-state index < -0.39 is 11.9 Å². The van der Waals surface area contributed by atoms with Gasteiger partial charge in [-0.15, -0.1) is 0 Å². The molecule has 0 atom stereocenters. The maximum Gasteiger partial charge on any atom is 0.411 e.